The summed E-state index contributed by atoms with van der Waals surface area (Å²) in [4.78, 5) is 24.1. The lowest BCUT2D eigenvalue weighted by Gasteiger charge is -2.29. The van der Waals surface area contributed by atoms with E-state index in [-0.39, 0.29) is 17.9 Å². The molecular formula is C32H32ClFN4O4. The molecular weight excluding hydrogens is 559 g/mol. The van der Waals surface area contributed by atoms with Crippen molar-refractivity contribution in [1.82, 2.24) is 19.4 Å². The maximum Gasteiger partial charge on any atom is 0.337 e. The highest BCUT2D eigenvalue weighted by molar-refractivity contribution is 6.30. The first kappa shape index (κ1) is 28.3. The van der Waals surface area contributed by atoms with Gasteiger partial charge in [-0.25, -0.2) is 19.2 Å². The van der Waals surface area contributed by atoms with Gasteiger partial charge >= 0.3 is 5.97 Å². The fourth-order valence-electron chi connectivity index (χ4n) is 5.33. The summed E-state index contributed by atoms with van der Waals surface area (Å²) < 4.78 is 32.7. The van der Waals surface area contributed by atoms with Gasteiger partial charge in [-0.15, -0.1) is 0 Å². The summed E-state index contributed by atoms with van der Waals surface area (Å²) in [6.07, 6.45) is 4.63. The highest BCUT2D eigenvalue weighted by atomic mass is 35.5. The Balaban J connectivity index is 1.12. The molecule has 0 aliphatic carbocycles. The Kier molecular flexibility index (Phi) is 8.51. The first-order chi connectivity index (χ1) is 20.5. The van der Waals surface area contributed by atoms with Crippen LogP contribution in [0.1, 0.15) is 40.3 Å². The van der Waals surface area contributed by atoms with Crippen molar-refractivity contribution >= 4 is 34.2 Å². The summed E-state index contributed by atoms with van der Waals surface area (Å²) >= 11 is 5.84. The lowest BCUT2D eigenvalue weighted by molar-refractivity contribution is -0.0591. The second-order valence-electron chi connectivity index (χ2n) is 10.5. The molecule has 0 unspecified atom stereocenters. The number of hydrogen-bond acceptors (Lipinski definition) is 7. The number of halogens is 2. The molecule has 4 aromatic rings. The normalized spacial score (nSPS) is 17.1. The predicted octanol–water partition coefficient (Wildman–Crippen LogP) is 5.71. The summed E-state index contributed by atoms with van der Waals surface area (Å²) in [6, 6.07) is 15.9. The third kappa shape index (κ3) is 6.33. The number of aromatic nitrogens is 3. The molecule has 2 aliphatic heterocycles. The zero-order chi connectivity index (χ0) is 29.1. The Hall–Kier alpha value is -3.79. The smallest absolute Gasteiger partial charge is 0.337 e. The zero-order valence-corrected chi connectivity index (χ0v) is 24.1. The SMILES string of the molecule is COC(=O)c1ccc2nc(CN3CC=C(c4cccc(OCCc5ccc(Cl)cc5F)n4)CC3)n(C[C@@H]3CCO3)c2c1. The third-order valence-electron chi connectivity index (χ3n) is 7.78. The average molecular weight is 591 g/mol. The van der Waals surface area contributed by atoms with Gasteiger partial charge in [0, 0.05) is 37.2 Å². The van der Waals surface area contributed by atoms with Crippen LogP contribution >= 0.6 is 11.6 Å². The highest BCUT2D eigenvalue weighted by Gasteiger charge is 2.24. The quantitative estimate of drug-likeness (QED) is 0.219. The van der Waals surface area contributed by atoms with E-state index in [2.05, 4.69) is 15.5 Å². The standard InChI is InChI=1S/C32H32ClFN4O4/c1-40-32(39)23-6-8-28-29(17-23)38(19-25-12-16-41-25)30(35-28)20-37-13-9-22(10-14-37)27-3-2-4-31(36-27)42-15-11-21-5-7-24(33)18-26(21)34/h2-9,17-18,25H,10-16,19-20H2,1H3/t25-/m0/s1. The molecule has 8 nitrogen and oxygen atoms in total. The fourth-order valence-corrected chi connectivity index (χ4v) is 5.48. The average Bonchev–Trinajstić information content (AvgIpc) is 3.32. The maximum atomic E-state index is 14.1. The number of fused-ring (bicyclic) bond motifs is 1. The Morgan fingerprint density at radius 2 is 2.05 bits per heavy atom. The van der Waals surface area contributed by atoms with Crippen molar-refractivity contribution in [1.29, 1.82) is 0 Å². The van der Waals surface area contributed by atoms with Crippen molar-refractivity contribution in [2.24, 2.45) is 0 Å². The lowest BCUT2D eigenvalue weighted by atomic mass is 10.0. The van der Waals surface area contributed by atoms with Crippen LogP contribution < -0.4 is 4.74 Å². The number of hydrogen-bond donors (Lipinski definition) is 0. The Morgan fingerprint density at radius 1 is 1.17 bits per heavy atom. The van der Waals surface area contributed by atoms with Gasteiger partial charge in [-0.2, -0.15) is 0 Å². The van der Waals surface area contributed by atoms with Crippen LogP contribution in [0, 0.1) is 5.82 Å². The van der Waals surface area contributed by atoms with Crippen LogP contribution in [0.4, 0.5) is 4.39 Å². The minimum Gasteiger partial charge on any atom is -0.477 e. The van der Waals surface area contributed by atoms with E-state index in [1.807, 2.05) is 30.3 Å². The topological polar surface area (TPSA) is 78.7 Å². The van der Waals surface area contributed by atoms with Gasteiger partial charge in [0.05, 0.1) is 55.2 Å². The van der Waals surface area contributed by atoms with Crippen LogP contribution in [0.15, 0.2) is 60.7 Å². The van der Waals surface area contributed by atoms with Crippen molar-refractivity contribution in [3.8, 4) is 5.88 Å². The number of carbonyl (C=O) groups is 1. The second-order valence-corrected chi connectivity index (χ2v) is 11.0. The first-order valence-corrected chi connectivity index (χ1v) is 14.5. The molecule has 0 spiro atoms. The molecule has 2 aromatic heterocycles. The fraction of sp³-hybridized carbons (Fsp3) is 0.344. The molecule has 0 radical (unpaired) electrons. The number of methoxy groups -OCH3 is 1. The van der Waals surface area contributed by atoms with Gasteiger partial charge in [-0.05, 0) is 60.4 Å². The minimum atomic E-state index is -0.363. The van der Waals surface area contributed by atoms with E-state index in [1.54, 1.807) is 18.2 Å². The molecule has 6 rings (SSSR count). The minimum absolute atomic E-state index is 0.154. The number of carbonyl (C=O) groups excluding carboxylic acids is 1. The van der Waals surface area contributed by atoms with E-state index in [0.29, 0.717) is 48.1 Å². The number of rotatable bonds is 10. The maximum absolute atomic E-state index is 14.1. The second kappa shape index (κ2) is 12.6. The van der Waals surface area contributed by atoms with Crippen molar-refractivity contribution < 1.29 is 23.4 Å². The van der Waals surface area contributed by atoms with Gasteiger partial charge < -0.3 is 18.8 Å². The van der Waals surface area contributed by atoms with E-state index in [1.165, 1.54) is 18.7 Å². The van der Waals surface area contributed by atoms with E-state index >= 15 is 0 Å². The molecule has 1 atom stereocenters. The third-order valence-corrected chi connectivity index (χ3v) is 8.01. The molecule has 42 heavy (non-hydrogen) atoms. The van der Waals surface area contributed by atoms with Gasteiger partial charge in [0.2, 0.25) is 5.88 Å². The van der Waals surface area contributed by atoms with Gasteiger partial charge in [0.15, 0.2) is 0 Å². The van der Waals surface area contributed by atoms with Crippen molar-refractivity contribution in [3.63, 3.8) is 0 Å². The monoisotopic (exact) mass is 590 g/mol. The van der Waals surface area contributed by atoms with Gasteiger partial charge in [-0.1, -0.05) is 29.8 Å². The molecule has 10 heteroatoms. The number of benzene rings is 2. The highest BCUT2D eigenvalue weighted by Crippen LogP contribution is 2.27. The van der Waals surface area contributed by atoms with E-state index < -0.39 is 0 Å². The largest absolute Gasteiger partial charge is 0.477 e. The molecule has 0 amide bonds. The van der Waals surface area contributed by atoms with E-state index in [4.69, 9.17) is 35.8 Å². The van der Waals surface area contributed by atoms with Crippen molar-refractivity contribution in [2.75, 3.05) is 33.4 Å². The van der Waals surface area contributed by atoms with Crippen LogP contribution in [0.3, 0.4) is 0 Å². The molecule has 1 saturated heterocycles. The molecule has 0 N–H and O–H groups in total. The van der Waals surface area contributed by atoms with Crippen molar-refractivity contribution in [2.45, 2.75) is 38.5 Å². The summed E-state index contributed by atoms with van der Waals surface area (Å²) in [7, 11) is 1.39. The van der Waals surface area contributed by atoms with Crippen LogP contribution in [-0.4, -0.2) is 64.9 Å². The molecule has 2 aliphatic rings. The Morgan fingerprint density at radius 3 is 2.79 bits per heavy atom. The van der Waals surface area contributed by atoms with Crippen LogP contribution in [0.25, 0.3) is 16.6 Å². The summed E-state index contributed by atoms with van der Waals surface area (Å²) in [5.41, 5.74) is 4.88. The summed E-state index contributed by atoms with van der Waals surface area (Å²) in [5.74, 6) is 0.773. The van der Waals surface area contributed by atoms with Crippen LogP contribution in [0.2, 0.25) is 5.02 Å². The van der Waals surface area contributed by atoms with Crippen LogP contribution in [-0.2, 0) is 29.0 Å². The number of imidazole rings is 1. The zero-order valence-electron chi connectivity index (χ0n) is 23.4. The number of esters is 1. The van der Waals surface area contributed by atoms with E-state index in [0.717, 1.165) is 55.1 Å². The summed E-state index contributed by atoms with van der Waals surface area (Å²) in [5, 5.41) is 0.377. The molecule has 1 fully saturated rings. The number of nitrogens with zero attached hydrogens (tertiary/aromatic N) is 4. The Labute approximate surface area is 248 Å². The molecule has 218 valence electrons. The van der Waals surface area contributed by atoms with Crippen molar-refractivity contribution in [3.05, 3.63) is 94.2 Å². The van der Waals surface area contributed by atoms with Gasteiger partial charge in [0.1, 0.15) is 11.6 Å². The summed E-state index contributed by atoms with van der Waals surface area (Å²) in [6.45, 7) is 4.08. The molecule has 0 bridgehead atoms. The van der Waals surface area contributed by atoms with Gasteiger partial charge in [0.25, 0.3) is 0 Å². The van der Waals surface area contributed by atoms with E-state index in [9.17, 15) is 9.18 Å². The molecule has 4 heterocycles. The lowest BCUT2D eigenvalue weighted by Crippen LogP contribution is -2.33. The van der Waals surface area contributed by atoms with Crippen LogP contribution in [0.5, 0.6) is 5.88 Å². The number of pyridine rings is 1. The Bertz CT molecular complexity index is 1630. The predicted molar refractivity (Wildman–Crippen MR) is 158 cm³/mol. The molecule has 2 aromatic carbocycles. The number of ether oxygens (including phenoxy) is 3. The first-order valence-electron chi connectivity index (χ1n) is 14.1. The molecule has 0 saturated carbocycles. The van der Waals surface area contributed by atoms with Gasteiger partial charge in [-0.3, -0.25) is 4.90 Å².